The molecule has 3 aliphatic rings. The number of quaternary nitrogens is 1. The van der Waals surface area contributed by atoms with Crippen LogP contribution in [0.1, 0.15) is 42.5 Å². The van der Waals surface area contributed by atoms with Gasteiger partial charge in [0.15, 0.2) is 5.82 Å². The second-order valence-corrected chi connectivity index (χ2v) is 10.3. The highest BCUT2D eigenvalue weighted by molar-refractivity contribution is 7.19. The molecule has 0 aromatic carbocycles. The summed E-state index contributed by atoms with van der Waals surface area (Å²) in [6.07, 6.45) is 5.33. The third-order valence-corrected chi connectivity index (χ3v) is 8.06. The molecule has 0 unspecified atom stereocenters. The molecule has 0 saturated carbocycles. The van der Waals surface area contributed by atoms with E-state index < -0.39 is 0 Å². The van der Waals surface area contributed by atoms with Gasteiger partial charge < -0.3 is 20.3 Å². The van der Waals surface area contributed by atoms with Crippen LogP contribution in [0.5, 0.6) is 0 Å². The summed E-state index contributed by atoms with van der Waals surface area (Å²) >= 11 is 1.86. The van der Waals surface area contributed by atoms with Crippen LogP contribution in [-0.2, 0) is 28.9 Å². The Kier molecular flexibility index (Phi) is 5.64. The van der Waals surface area contributed by atoms with E-state index in [0.717, 1.165) is 87.5 Å². The van der Waals surface area contributed by atoms with Gasteiger partial charge in [-0.05, 0) is 43.6 Å². The molecule has 2 fully saturated rings. The predicted octanol–water partition coefficient (Wildman–Crippen LogP) is 0.933. The number of morpholine rings is 1. The van der Waals surface area contributed by atoms with Crippen molar-refractivity contribution >= 4 is 33.3 Å². The molecule has 0 spiro atoms. The lowest BCUT2D eigenvalue weighted by molar-refractivity contribution is -0.922. The Balaban J connectivity index is 1.55. The molecule has 30 heavy (non-hydrogen) atoms. The van der Waals surface area contributed by atoms with E-state index in [1.165, 1.54) is 27.1 Å². The number of amides is 1. The van der Waals surface area contributed by atoms with Gasteiger partial charge in [0.25, 0.3) is 0 Å². The van der Waals surface area contributed by atoms with Gasteiger partial charge in [-0.2, -0.15) is 0 Å². The van der Waals surface area contributed by atoms with Crippen LogP contribution in [0.4, 0.5) is 5.82 Å². The molecular formula is C22H32N5O2S+. The van der Waals surface area contributed by atoms with Crippen LogP contribution in [0, 0.1) is 11.8 Å². The first kappa shape index (κ1) is 20.2. The normalized spacial score (nSPS) is 25.4. The molecular weight excluding hydrogens is 398 g/mol. The number of ether oxygens (including phenoxy) is 1. The number of hydrogen-bond donors (Lipinski definition) is 2. The number of fused-ring (bicyclic) bond motifs is 3. The van der Waals surface area contributed by atoms with Crippen molar-refractivity contribution < 1.29 is 14.4 Å². The zero-order valence-electron chi connectivity index (χ0n) is 17.8. The Morgan fingerprint density at radius 3 is 2.93 bits per heavy atom. The molecule has 1 amide bonds. The third kappa shape index (κ3) is 3.92. The number of carbonyl (C=O) groups is 1. The van der Waals surface area contributed by atoms with Crippen molar-refractivity contribution in [3.63, 3.8) is 0 Å². The van der Waals surface area contributed by atoms with E-state index in [1.807, 2.05) is 11.3 Å². The van der Waals surface area contributed by atoms with E-state index in [0.29, 0.717) is 6.54 Å². The maximum atomic E-state index is 11.9. The second kappa shape index (κ2) is 8.40. The Hall–Kier alpha value is -1.77. The van der Waals surface area contributed by atoms with E-state index in [2.05, 4.69) is 11.8 Å². The molecule has 2 aromatic rings. The molecule has 2 aromatic heterocycles. The van der Waals surface area contributed by atoms with Crippen LogP contribution in [0.3, 0.4) is 0 Å². The molecule has 4 heterocycles. The van der Waals surface area contributed by atoms with E-state index in [-0.39, 0.29) is 11.8 Å². The Bertz CT molecular complexity index is 939. The lowest BCUT2D eigenvalue weighted by Gasteiger charge is -2.33. The fraction of sp³-hybridized carbons (Fsp3) is 0.682. The summed E-state index contributed by atoms with van der Waals surface area (Å²) in [6, 6.07) is 0. The van der Waals surface area contributed by atoms with Crippen molar-refractivity contribution in [3.05, 3.63) is 16.3 Å². The molecule has 0 bridgehead atoms. The maximum Gasteiger partial charge on any atom is 0.222 e. The highest BCUT2D eigenvalue weighted by Crippen LogP contribution is 2.41. The lowest BCUT2D eigenvalue weighted by Crippen LogP contribution is -3.12. The van der Waals surface area contributed by atoms with Crippen molar-refractivity contribution in [2.45, 2.75) is 45.6 Å². The summed E-state index contributed by atoms with van der Waals surface area (Å²) in [5, 5.41) is 1.24. The van der Waals surface area contributed by atoms with Gasteiger partial charge in [0, 0.05) is 18.0 Å². The first-order chi connectivity index (χ1) is 14.6. The van der Waals surface area contributed by atoms with E-state index >= 15 is 0 Å². The van der Waals surface area contributed by atoms with Crippen LogP contribution in [0.15, 0.2) is 0 Å². The van der Waals surface area contributed by atoms with Gasteiger partial charge in [-0.3, -0.25) is 4.79 Å². The predicted molar refractivity (Wildman–Crippen MR) is 118 cm³/mol. The number of nitrogens with zero attached hydrogens (tertiary/aromatic N) is 3. The number of anilines is 1. The fourth-order valence-corrected chi connectivity index (χ4v) is 6.53. The molecule has 0 radical (unpaired) electrons. The highest BCUT2D eigenvalue weighted by atomic mass is 32.1. The summed E-state index contributed by atoms with van der Waals surface area (Å²) in [5.74, 6) is 2.41. The van der Waals surface area contributed by atoms with Crippen LogP contribution < -0.4 is 15.5 Å². The molecule has 2 saturated heterocycles. The van der Waals surface area contributed by atoms with Gasteiger partial charge >= 0.3 is 0 Å². The molecule has 2 atom stereocenters. The SMILES string of the molecule is C[C@H]1CCc2c(sc3nc(C[NH+]4CCOCC4)nc(N4CCC[C@H](C(N)=O)C4)c23)C1. The van der Waals surface area contributed by atoms with E-state index in [4.69, 9.17) is 20.4 Å². The minimum Gasteiger partial charge on any atom is -0.370 e. The number of carbonyl (C=O) groups excluding carboxylic acids is 1. The summed E-state index contributed by atoms with van der Waals surface area (Å²) in [4.78, 5) is 28.5. The average molecular weight is 431 g/mol. The Morgan fingerprint density at radius 1 is 1.30 bits per heavy atom. The van der Waals surface area contributed by atoms with Gasteiger partial charge in [-0.25, -0.2) is 9.97 Å². The maximum absolute atomic E-state index is 11.9. The zero-order chi connectivity index (χ0) is 20.7. The molecule has 7 nitrogen and oxygen atoms in total. The molecule has 3 N–H and O–H groups in total. The topological polar surface area (TPSA) is 85.8 Å². The van der Waals surface area contributed by atoms with Crippen LogP contribution >= 0.6 is 11.3 Å². The highest BCUT2D eigenvalue weighted by Gasteiger charge is 2.30. The first-order valence-corrected chi connectivity index (χ1v) is 12.2. The van der Waals surface area contributed by atoms with Gasteiger partial charge in [-0.15, -0.1) is 11.3 Å². The molecule has 5 rings (SSSR count). The van der Waals surface area contributed by atoms with Gasteiger partial charge in [0.2, 0.25) is 5.91 Å². The number of piperidine rings is 1. The fourth-order valence-electron chi connectivity index (χ4n) is 5.14. The van der Waals surface area contributed by atoms with Crippen LogP contribution in [-0.4, -0.2) is 55.3 Å². The molecule has 1 aliphatic carbocycles. The monoisotopic (exact) mass is 430 g/mol. The smallest absolute Gasteiger partial charge is 0.222 e. The van der Waals surface area contributed by atoms with Crippen molar-refractivity contribution in [2.75, 3.05) is 44.3 Å². The second-order valence-electron chi connectivity index (χ2n) is 9.22. The quantitative estimate of drug-likeness (QED) is 0.754. The number of nitrogens with one attached hydrogen (secondary N) is 1. The van der Waals surface area contributed by atoms with Crippen molar-refractivity contribution in [1.29, 1.82) is 0 Å². The largest absolute Gasteiger partial charge is 0.370 e. The molecule has 2 aliphatic heterocycles. The number of thiophene rings is 1. The Labute approximate surface area is 181 Å². The van der Waals surface area contributed by atoms with E-state index in [1.54, 1.807) is 0 Å². The summed E-state index contributed by atoms with van der Waals surface area (Å²) in [6.45, 7) is 8.40. The average Bonchev–Trinajstić information content (AvgIpc) is 3.11. The molecule has 8 heteroatoms. The van der Waals surface area contributed by atoms with Crippen LogP contribution in [0.2, 0.25) is 0 Å². The minimum absolute atomic E-state index is 0.0911. The number of aromatic nitrogens is 2. The lowest BCUT2D eigenvalue weighted by atomic mass is 9.89. The number of rotatable bonds is 4. The number of nitrogens with two attached hydrogens (primary N) is 1. The summed E-state index contributed by atoms with van der Waals surface area (Å²) in [7, 11) is 0. The van der Waals surface area contributed by atoms with Crippen molar-refractivity contribution in [2.24, 2.45) is 17.6 Å². The summed E-state index contributed by atoms with van der Waals surface area (Å²) in [5.41, 5.74) is 7.12. The number of hydrogen-bond acceptors (Lipinski definition) is 6. The van der Waals surface area contributed by atoms with E-state index in [9.17, 15) is 4.79 Å². The van der Waals surface area contributed by atoms with Gasteiger partial charge in [0.05, 0.1) is 24.5 Å². The third-order valence-electron chi connectivity index (χ3n) is 6.91. The first-order valence-electron chi connectivity index (χ1n) is 11.3. The van der Waals surface area contributed by atoms with Crippen molar-refractivity contribution in [1.82, 2.24) is 9.97 Å². The molecule has 162 valence electrons. The van der Waals surface area contributed by atoms with Crippen molar-refractivity contribution in [3.8, 4) is 0 Å². The number of aryl methyl sites for hydroxylation is 1. The van der Waals surface area contributed by atoms with Gasteiger partial charge in [0.1, 0.15) is 30.3 Å². The summed E-state index contributed by atoms with van der Waals surface area (Å²) < 4.78 is 5.51. The zero-order valence-corrected chi connectivity index (χ0v) is 18.6. The van der Waals surface area contributed by atoms with Crippen LogP contribution in [0.25, 0.3) is 10.2 Å². The Morgan fingerprint density at radius 2 is 2.13 bits per heavy atom. The minimum atomic E-state index is -0.191. The standard InChI is InChI=1S/C22H31N5O2S/c1-14-4-5-16-17(11-14)30-22-19(16)21(27-6-2-3-15(12-27)20(23)28)24-18(25-22)13-26-7-9-29-10-8-26/h14-15H,2-13H2,1H3,(H2,23,28)/p+1/t14-,15-/m0/s1. The number of primary amides is 1. The van der Waals surface area contributed by atoms with Gasteiger partial charge in [-0.1, -0.05) is 6.92 Å².